The molecule has 1 aromatic carbocycles. The first-order chi connectivity index (χ1) is 14.3. The van der Waals surface area contributed by atoms with Gasteiger partial charge in [-0.15, -0.1) is 5.10 Å². The first-order valence-electron chi connectivity index (χ1n) is 9.16. The number of nitro groups is 1. The van der Waals surface area contributed by atoms with E-state index in [1.165, 1.54) is 25.3 Å². The average molecular weight is 414 g/mol. The number of ether oxygens (including phenoxy) is 3. The summed E-state index contributed by atoms with van der Waals surface area (Å²) in [6.45, 7) is 3.79. The fourth-order valence-corrected chi connectivity index (χ4v) is 3.36. The lowest BCUT2D eigenvalue weighted by molar-refractivity contribution is -0.385. The van der Waals surface area contributed by atoms with Crippen LogP contribution < -0.4 is 14.2 Å². The third-order valence-electron chi connectivity index (χ3n) is 4.88. The predicted octanol–water partition coefficient (Wildman–Crippen LogP) is 3.05. The highest BCUT2D eigenvalue weighted by molar-refractivity contribution is 5.86. The molecule has 10 nitrogen and oxygen atoms in total. The Kier molecular flexibility index (Phi) is 5.86. The van der Waals surface area contributed by atoms with E-state index in [4.69, 9.17) is 14.2 Å². The highest BCUT2D eigenvalue weighted by Crippen LogP contribution is 2.32. The van der Waals surface area contributed by atoms with E-state index in [-0.39, 0.29) is 17.9 Å². The zero-order valence-electron chi connectivity index (χ0n) is 17.4. The van der Waals surface area contributed by atoms with Gasteiger partial charge in [0.1, 0.15) is 5.75 Å². The number of carbonyl (C=O) groups excluding carboxylic acids is 1. The highest BCUT2D eigenvalue weighted by atomic mass is 16.6. The molecule has 0 spiro atoms. The summed E-state index contributed by atoms with van der Waals surface area (Å²) in [5.74, 6) is 0.0646. The molecule has 0 radical (unpaired) electrons. The van der Waals surface area contributed by atoms with Crippen LogP contribution in [-0.4, -0.2) is 39.9 Å². The van der Waals surface area contributed by atoms with Gasteiger partial charge >= 0.3 is 11.7 Å². The van der Waals surface area contributed by atoms with Crippen LogP contribution in [0.25, 0.3) is 11.0 Å². The van der Waals surface area contributed by atoms with Crippen molar-refractivity contribution in [2.24, 2.45) is 7.05 Å². The van der Waals surface area contributed by atoms with E-state index in [0.29, 0.717) is 23.7 Å². The fourth-order valence-electron chi connectivity index (χ4n) is 3.36. The maximum absolute atomic E-state index is 12.4. The second-order valence-electron chi connectivity index (χ2n) is 6.70. The van der Waals surface area contributed by atoms with E-state index < -0.39 is 10.9 Å². The predicted molar refractivity (Wildman–Crippen MR) is 108 cm³/mol. The first kappa shape index (κ1) is 21.0. The molecule has 0 atom stereocenters. The van der Waals surface area contributed by atoms with Crippen molar-refractivity contribution in [1.82, 2.24) is 14.8 Å². The average Bonchev–Trinajstić information content (AvgIpc) is 3.03. The van der Waals surface area contributed by atoms with E-state index in [1.54, 1.807) is 18.8 Å². The fraction of sp³-hybridized carbons (Fsp3) is 0.350. The molecule has 0 aliphatic rings. The zero-order chi connectivity index (χ0) is 22.0. The molecule has 10 heteroatoms. The third kappa shape index (κ3) is 3.88. The number of methoxy groups -OCH3 is 2. The number of fused-ring (bicyclic) bond motifs is 1. The maximum Gasteiger partial charge on any atom is 0.315 e. The summed E-state index contributed by atoms with van der Waals surface area (Å²) in [6.07, 6.45) is 0.391. The molecular weight excluding hydrogens is 392 g/mol. The number of hydrogen-bond donors (Lipinski definition) is 0. The number of rotatable bonds is 7. The molecule has 0 aliphatic heterocycles. The second kappa shape index (κ2) is 8.36. The summed E-state index contributed by atoms with van der Waals surface area (Å²) < 4.78 is 17.2. The van der Waals surface area contributed by atoms with Crippen molar-refractivity contribution >= 4 is 22.7 Å². The molecule has 3 aromatic rings. The van der Waals surface area contributed by atoms with Crippen LogP contribution in [0.15, 0.2) is 18.2 Å². The van der Waals surface area contributed by atoms with Gasteiger partial charge in [-0.2, -0.15) is 0 Å². The van der Waals surface area contributed by atoms with Crippen LogP contribution >= 0.6 is 0 Å². The van der Waals surface area contributed by atoms with E-state index in [0.717, 1.165) is 22.2 Å². The van der Waals surface area contributed by atoms with Crippen LogP contribution in [-0.2, 0) is 18.3 Å². The van der Waals surface area contributed by atoms with Gasteiger partial charge in [0, 0.05) is 12.7 Å². The normalized spacial score (nSPS) is 10.8. The Bertz CT molecular complexity index is 1140. The molecule has 0 amide bonds. The molecule has 0 aliphatic carbocycles. The van der Waals surface area contributed by atoms with Crippen molar-refractivity contribution in [3.05, 3.63) is 45.1 Å². The zero-order valence-corrected chi connectivity index (χ0v) is 17.4. The lowest BCUT2D eigenvalue weighted by atomic mass is 10.0. The largest absolute Gasteiger partial charge is 0.496 e. The van der Waals surface area contributed by atoms with Crippen LogP contribution in [0, 0.1) is 24.0 Å². The Morgan fingerprint density at radius 3 is 2.60 bits per heavy atom. The van der Waals surface area contributed by atoms with Crippen molar-refractivity contribution < 1.29 is 23.9 Å². The van der Waals surface area contributed by atoms with Crippen LogP contribution in [0.3, 0.4) is 0 Å². The molecule has 0 unspecified atom stereocenters. The van der Waals surface area contributed by atoms with Crippen LogP contribution in [0.4, 0.5) is 5.69 Å². The van der Waals surface area contributed by atoms with E-state index in [9.17, 15) is 14.9 Å². The third-order valence-corrected chi connectivity index (χ3v) is 4.88. The van der Waals surface area contributed by atoms with E-state index in [2.05, 4.69) is 10.1 Å². The monoisotopic (exact) mass is 414 g/mol. The van der Waals surface area contributed by atoms with Crippen LogP contribution in [0.2, 0.25) is 0 Å². The summed E-state index contributed by atoms with van der Waals surface area (Å²) in [5.41, 5.74) is 2.94. The van der Waals surface area contributed by atoms with Crippen molar-refractivity contribution in [3.8, 4) is 17.4 Å². The van der Waals surface area contributed by atoms with Crippen molar-refractivity contribution in [2.75, 3.05) is 14.2 Å². The molecular formula is C20H22N4O6. The summed E-state index contributed by atoms with van der Waals surface area (Å²) in [7, 11) is 4.73. The summed E-state index contributed by atoms with van der Waals surface area (Å²) in [4.78, 5) is 27.6. The number of carbonyl (C=O) groups is 1. The molecule has 0 bridgehead atoms. The molecule has 0 fully saturated rings. The summed E-state index contributed by atoms with van der Waals surface area (Å²) >= 11 is 0. The lowest BCUT2D eigenvalue weighted by Gasteiger charge is -2.11. The molecule has 2 aromatic heterocycles. The Labute approximate surface area is 172 Å². The number of aryl methyl sites for hydroxylation is 3. The van der Waals surface area contributed by atoms with E-state index in [1.807, 2.05) is 13.8 Å². The Balaban J connectivity index is 1.82. The van der Waals surface area contributed by atoms with Gasteiger partial charge < -0.3 is 14.2 Å². The van der Waals surface area contributed by atoms with Gasteiger partial charge in [0.2, 0.25) is 11.6 Å². The Morgan fingerprint density at radius 1 is 1.23 bits per heavy atom. The summed E-state index contributed by atoms with van der Waals surface area (Å²) in [5, 5.41) is 16.4. The second-order valence-corrected chi connectivity index (χ2v) is 6.70. The van der Waals surface area contributed by atoms with Gasteiger partial charge in [-0.05, 0) is 43.5 Å². The topological polar surface area (TPSA) is 119 Å². The molecule has 30 heavy (non-hydrogen) atoms. The number of hydrogen-bond acceptors (Lipinski definition) is 8. The molecule has 0 saturated carbocycles. The molecule has 158 valence electrons. The highest BCUT2D eigenvalue weighted by Gasteiger charge is 2.21. The Morgan fingerprint density at radius 2 is 1.97 bits per heavy atom. The van der Waals surface area contributed by atoms with Gasteiger partial charge in [-0.1, -0.05) is 0 Å². The van der Waals surface area contributed by atoms with Crippen LogP contribution in [0.5, 0.6) is 17.4 Å². The van der Waals surface area contributed by atoms with Gasteiger partial charge in [0.25, 0.3) is 0 Å². The number of nitrogens with zero attached hydrogens (tertiary/aromatic N) is 4. The van der Waals surface area contributed by atoms with Crippen molar-refractivity contribution in [3.63, 3.8) is 0 Å². The molecule has 0 N–H and O–H groups in total. The summed E-state index contributed by atoms with van der Waals surface area (Å²) in [6, 6.07) is 4.05. The molecule has 2 heterocycles. The number of benzene rings is 1. The van der Waals surface area contributed by atoms with Crippen LogP contribution in [0.1, 0.15) is 23.2 Å². The minimum atomic E-state index is -0.619. The quantitative estimate of drug-likeness (QED) is 0.250. The SMILES string of the molecule is COc1ccc(OC(=O)CCc2c(C)nc3c(c(OC)nn3C)c2C)c([N+](=O)[O-])c1. The number of pyridine rings is 1. The Hall–Kier alpha value is -3.69. The van der Waals surface area contributed by atoms with Gasteiger partial charge in [-0.25, -0.2) is 9.67 Å². The smallest absolute Gasteiger partial charge is 0.315 e. The van der Waals surface area contributed by atoms with Gasteiger partial charge in [-0.3, -0.25) is 14.9 Å². The maximum atomic E-state index is 12.4. The minimum Gasteiger partial charge on any atom is -0.496 e. The molecule has 0 saturated heterocycles. The standard InChI is InChI=1S/C20H22N4O6/c1-11-14(12(2)21-19-18(11)20(29-5)22-23(19)3)7-9-17(25)30-16-8-6-13(28-4)10-15(16)24(26)27/h6,8,10H,7,9H2,1-5H3. The lowest BCUT2D eigenvalue weighted by Crippen LogP contribution is -2.12. The number of esters is 1. The molecule has 3 rings (SSSR count). The van der Waals surface area contributed by atoms with Crippen molar-refractivity contribution in [1.29, 1.82) is 0 Å². The van der Waals surface area contributed by atoms with Gasteiger partial charge in [0.15, 0.2) is 5.65 Å². The van der Waals surface area contributed by atoms with Crippen molar-refractivity contribution in [2.45, 2.75) is 26.7 Å². The minimum absolute atomic E-state index is 0.0284. The van der Waals surface area contributed by atoms with Gasteiger partial charge in [0.05, 0.1) is 37.0 Å². The van der Waals surface area contributed by atoms with E-state index >= 15 is 0 Å². The number of aromatic nitrogens is 3. The first-order valence-corrected chi connectivity index (χ1v) is 9.16. The number of nitro benzene ring substituents is 1.